The van der Waals surface area contributed by atoms with Gasteiger partial charge in [-0.25, -0.2) is 0 Å². The third-order valence-corrected chi connectivity index (χ3v) is 3.83. The van der Waals surface area contributed by atoms with E-state index in [1.807, 2.05) is 23.1 Å². The quantitative estimate of drug-likeness (QED) is 0.772. The minimum absolute atomic E-state index is 0.124. The number of hydrogen-bond acceptors (Lipinski definition) is 2. The number of anilines is 1. The van der Waals surface area contributed by atoms with Crippen LogP contribution in [0.5, 0.6) is 0 Å². The molecule has 1 amide bonds. The maximum atomic E-state index is 12.6. The maximum Gasteiger partial charge on any atom is 0.256 e. The Bertz CT molecular complexity index is 594. The van der Waals surface area contributed by atoms with Crippen LogP contribution in [-0.4, -0.2) is 28.9 Å². The number of nitrogens with one attached hydrogen (secondary N) is 1. The van der Waals surface area contributed by atoms with Crippen molar-refractivity contribution in [2.75, 3.05) is 18.8 Å². The van der Waals surface area contributed by atoms with Crippen molar-refractivity contribution in [2.24, 2.45) is 0 Å². The Morgan fingerprint density at radius 2 is 1.89 bits per heavy atom. The van der Waals surface area contributed by atoms with E-state index in [0.29, 0.717) is 5.69 Å². The summed E-state index contributed by atoms with van der Waals surface area (Å²) in [6, 6.07) is 5.64. The van der Waals surface area contributed by atoms with Crippen LogP contribution in [0.1, 0.15) is 36.0 Å². The van der Waals surface area contributed by atoms with Gasteiger partial charge in [-0.15, -0.1) is 0 Å². The van der Waals surface area contributed by atoms with Crippen LogP contribution in [0.15, 0.2) is 24.4 Å². The van der Waals surface area contributed by atoms with Crippen LogP contribution < -0.4 is 5.73 Å². The Morgan fingerprint density at radius 3 is 2.63 bits per heavy atom. The van der Waals surface area contributed by atoms with Crippen LogP contribution in [0.25, 0.3) is 10.9 Å². The van der Waals surface area contributed by atoms with Gasteiger partial charge in [-0.2, -0.15) is 0 Å². The summed E-state index contributed by atoms with van der Waals surface area (Å²) in [5.41, 5.74) is 8.21. The molecule has 0 spiro atoms. The van der Waals surface area contributed by atoms with E-state index in [-0.39, 0.29) is 5.91 Å². The summed E-state index contributed by atoms with van der Waals surface area (Å²) in [5, 5.41) is 0.925. The number of aromatic nitrogens is 1. The zero-order valence-electron chi connectivity index (χ0n) is 11.0. The van der Waals surface area contributed by atoms with E-state index in [1.165, 1.54) is 12.8 Å². The summed E-state index contributed by atoms with van der Waals surface area (Å²) in [5.74, 6) is 0.124. The smallest absolute Gasteiger partial charge is 0.256 e. The van der Waals surface area contributed by atoms with Crippen LogP contribution in [0.4, 0.5) is 5.69 Å². The van der Waals surface area contributed by atoms with Crippen molar-refractivity contribution >= 4 is 22.5 Å². The Labute approximate surface area is 112 Å². The van der Waals surface area contributed by atoms with E-state index in [2.05, 4.69) is 4.98 Å². The Morgan fingerprint density at radius 1 is 1.16 bits per heavy atom. The number of amides is 1. The second-order valence-corrected chi connectivity index (χ2v) is 5.21. The molecule has 1 aliphatic heterocycles. The fourth-order valence-electron chi connectivity index (χ4n) is 2.76. The predicted octanol–water partition coefficient (Wildman–Crippen LogP) is 2.77. The van der Waals surface area contributed by atoms with Crippen molar-refractivity contribution in [3.8, 4) is 0 Å². The molecule has 0 aliphatic carbocycles. The van der Waals surface area contributed by atoms with E-state index in [4.69, 9.17) is 5.73 Å². The first kappa shape index (κ1) is 12.1. The minimum atomic E-state index is 0.124. The van der Waals surface area contributed by atoms with Crippen molar-refractivity contribution in [1.82, 2.24) is 9.88 Å². The number of hydrogen-bond donors (Lipinski definition) is 2. The van der Waals surface area contributed by atoms with Crippen LogP contribution in [0.3, 0.4) is 0 Å². The topological polar surface area (TPSA) is 62.1 Å². The minimum Gasteiger partial charge on any atom is -0.399 e. The zero-order chi connectivity index (χ0) is 13.2. The van der Waals surface area contributed by atoms with Gasteiger partial charge in [-0.05, 0) is 31.0 Å². The number of nitrogen functional groups attached to an aromatic ring is 1. The first-order valence-corrected chi connectivity index (χ1v) is 6.91. The fraction of sp³-hybridized carbons (Fsp3) is 0.400. The van der Waals surface area contributed by atoms with Crippen molar-refractivity contribution < 1.29 is 4.79 Å². The molecule has 3 rings (SSSR count). The molecule has 4 heteroatoms. The van der Waals surface area contributed by atoms with Crippen LogP contribution in [0.2, 0.25) is 0 Å². The van der Waals surface area contributed by atoms with Crippen LogP contribution in [-0.2, 0) is 0 Å². The molecule has 1 aromatic carbocycles. The molecule has 19 heavy (non-hydrogen) atoms. The number of carbonyl (C=O) groups excluding carboxylic acids is 1. The molecule has 100 valence electrons. The van der Waals surface area contributed by atoms with Gasteiger partial charge in [0.1, 0.15) is 0 Å². The molecule has 1 aromatic heterocycles. The number of benzene rings is 1. The Balaban J connectivity index is 1.94. The number of carbonyl (C=O) groups is 1. The molecule has 3 N–H and O–H groups in total. The first-order chi connectivity index (χ1) is 9.25. The van der Waals surface area contributed by atoms with E-state index in [9.17, 15) is 4.79 Å². The monoisotopic (exact) mass is 257 g/mol. The van der Waals surface area contributed by atoms with Crippen molar-refractivity contribution in [2.45, 2.75) is 25.7 Å². The molecule has 0 atom stereocenters. The normalized spacial score (nSPS) is 16.5. The zero-order valence-corrected chi connectivity index (χ0v) is 11.0. The molecule has 2 heterocycles. The lowest BCUT2D eigenvalue weighted by Crippen LogP contribution is -2.31. The molecule has 1 aliphatic rings. The molecule has 4 nitrogen and oxygen atoms in total. The van der Waals surface area contributed by atoms with E-state index in [1.54, 1.807) is 6.20 Å². The number of likely N-dealkylation sites (tertiary alicyclic amines) is 1. The molecule has 1 saturated heterocycles. The average Bonchev–Trinajstić information content (AvgIpc) is 2.64. The number of aromatic amines is 1. The van der Waals surface area contributed by atoms with Crippen molar-refractivity contribution in [3.63, 3.8) is 0 Å². The van der Waals surface area contributed by atoms with Gasteiger partial charge in [0, 0.05) is 35.9 Å². The van der Waals surface area contributed by atoms with Crippen molar-refractivity contribution in [3.05, 3.63) is 30.0 Å². The van der Waals surface area contributed by atoms with Gasteiger partial charge in [-0.3, -0.25) is 4.79 Å². The largest absolute Gasteiger partial charge is 0.399 e. The molecule has 0 radical (unpaired) electrons. The summed E-state index contributed by atoms with van der Waals surface area (Å²) in [7, 11) is 0. The van der Waals surface area contributed by atoms with Gasteiger partial charge in [0.2, 0.25) is 0 Å². The highest BCUT2D eigenvalue weighted by Gasteiger charge is 2.20. The average molecular weight is 257 g/mol. The van der Waals surface area contributed by atoms with E-state index >= 15 is 0 Å². The van der Waals surface area contributed by atoms with Crippen molar-refractivity contribution in [1.29, 1.82) is 0 Å². The standard InChI is InChI=1S/C15H19N3O/c16-11-5-6-14-12(9-11)13(10-17-14)15(19)18-7-3-1-2-4-8-18/h5-6,9-10,17H,1-4,7-8,16H2. The van der Waals surface area contributed by atoms with Gasteiger partial charge < -0.3 is 15.6 Å². The van der Waals surface area contributed by atoms with E-state index in [0.717, 1.165) is 42.4 Å². The highest BCUT2D eigenvalue weighted by Crippen LogP contribution is 2.23. The summed E-state index contributed by atoms with van der Waals surface area (Å²) in [6.07, 6.45) is 6.47. The number of nitrogens with two attached hydrogens (primary N) is 1. The Hall–Kier alpha value is -1.97. The number of H-pyrrole nitrogens is 1. The molecule has 0 unspecified atom stereocenters. The fourth-order valence-corrected chi connectivity index (χ4v) is 2.76. The second kappa shape index (κ2) is 4.96. The number of nitrogens with zero attached hydrogens (tertiary/aromatic N) is 1. The van der Waals surface area contributed by atoms with Gasteiger partial charge in [-0.1, -0.05) is 12.8 Å². The SMILES string of the molecule is Nc1ccc2[nH]cc(C(=O)N3CCCCCC3)c2c1. The third-order valence-electron chi connectivity index (χ3n) is 3.83. The highest BCUT2D eigenvalue weighted by molar-refractivity contribution is 6.07. The lowest BCUT2D eigenvalue weighted by Gasteiger charge is -2.19. The molecular weight excluding hydrogens is 238 g/mol. The molecule has 1 fully saturated rings. The molecular formula is C15H19N3O. The van der Waals surface area contributed by atoms with Crippen LogP contribution >= 0.6 is 0 Å². The lowest BCUT2D eigenvalue weighted by atomic mass is 10.1. The highest BCUT2D eigenvalue weighted by atomic mass is 16.2. The second-order valence-electron chi connectivity index (χ2n) is 5.21. The van der Waals surface area contributed by atoms with Crippen LogP contribution in [0, 0.1) is 0 Å². The lowest BCUT2D eigenvalue weighted by molar-refractivity contribution is 0.0763. The predicted molar refractivity (Wildman–Crippen MR) is 77.1 cm³/mol. The summed E-state index contributed by atoms with van der Waals surface area (Å²) in [4.78, 5) is 17.7. The number of rotatable bonds is 1. The third kappa shape index (κ3) is 2.30. The van der Waals surface area contributed by atoms with Gasteiger partial charge in [0.05, 0.1) is 5.56 Å². The first-order valence-electron chi connectivity index (χ1n) is 6.91. The molecule has 0 bridgehead atoms. The molecule has 2 aromatic rings. The van der Waals surface area contributed by atoms with E-state index < -0.39 is 0 Å². The summed E-state index contributed by atoms with van der Waals surface area (Å²) in [6.45, 7) is 1.74. The summed E-state index contributed by atoms with van der Waals surface area (Å²) < 4.78 is 0. The maximum absolute atomic E-state index is 12.6. The van der Waals surface area contributed by atoms with Gasteiger partial charge in [0.25, 0.3) is 5.91 Å². The number of fused-ring (bicyclic) bond motifs is 1. The van der Waals surface area contributed by atoms with Gasteiger partial charge in [0.15, 0.2) is 0 Å². The summed E-state index contributed by atoms with van der Waals surface area (Å²) >= 11 is 0. The van der Waals surface area contributed by atoms with Gasteiger partial charge >= 0.3 is 0 Å². The Kier molecular flexibility index (Phi) is 3.15. The molecule has 0 saturated carbocycles.